The molecule has 0 aliphatic carbocycles. The fourth-order valence-corrected chi connectivity index (χ4v) is 1.32. The van der Waals surface area contributed by atoms with Gasteiger partial charge >= 0.3 is 0 Å². The van der Waals surface area contributed by atoms with E-state index in [0.29, 0.717) is 0 Å². The number of nitrogens with one attached hydrogen (secondary N) is 2. The van der Waals surface area contributed by atoms with Crippen LogP contribution in [0.5, 0.6) is 0 Å². The number of nitrogens with zero attached hydrogens (tertiary/aromatic N) is 1. The number of nitrogens with two attached hydrogens (primary N) is 1. The molecule has 0 saturated carbocycles. The molecule has 0 unspecified atom stereocenters. The van der Waals surface area contributed by atoms with Crippen molar-refractivity contribution in [1.29, 1.82) is 5.26 Å². The van der Waals surface area contributed by atoms with E-state index in [-0.39, 0.29) is 29.9 Å². The Morgan fingerprint density at radius 3 is 2.68 bits per heavy atom. The van der Waals surface area contributed by atoms with E-state index < -0.39 is 17.6 Å². The van der Waals surface area contributed by atoms with Crippen molar-refractivity contribution in [3.05, 3.63) is 29.1 Å². The van der Waals surface area contributed by atoms with Crippen LogP contribution in [0.2, 0.25) is 0 Å². The lowest BCUT2D eigenvalue weighted by atomic mass is 10.1. The lowest BCUT2D eigenvalue weighted by Gasteiger charge is -2.10. The molecule has 0 bridgehead atoms. The van der Waals surface area contributed by atoms with Crippen molar-refractivity contribution in [3.63, 3.8) is 0 Å². The Hall–Kier alpha value is -2.46. The smallest absolute Gasteiger partial charge is 0.243 e. The zero-order valence-corrected chi connectivity index (χ0v) is 10.3. The standard InChI is InChI=1S/C12H13FN4O2/c1-7-9(13)2-8(4-14)3-10(7)17-12(19)6-16-11(18)5-15/h2-3H,5-6,15H2,1H3,(H,16,18)(H,17,19). The maximum atomic E-state index is 13.5. The Bertz CT molecular complexity index is 551. The number of halogens is 1. The van der Waals surface area contributed by atoms with Crippen LogP contribution in [-0.4, -0.2) is 24.9 Å². The fraction of sp³-hybridized carbons (Fsp3) is 0.250. The van der Waals surface area contributed by atoms with E-state index in [0.717, 1.165) is 6.07 Å². The lowest BCUT2D eigenvalue weighted by Crippen LogP contribution is -2.36. The van der Waals surface area contributed by atoms with Crippen LogP contribution >= 0.6 is 0 Å². The summed E-state index contributed by atoms with van der Waals surface area (Å²) in [4.78, 5) is 22.4. The van der Waals surface area contributed by atoms with Gasteiger partial charge in [0.1, 0.15) is 5.82 Å². The van der Waals surface area contributed by atoms with Gasteiger partial charge in [0, 0.05) is 11.3 Å². The molecule has 0 aromatic heterocycles. The summed E-state index contributed by atoms with van der Waals surface area (Å²) >= 11 is 0. The number of hydrogen-bond donors (Lipinski definition) is 3. The van der Waals surface area contributed by atoms with Gasteiger partial charge in [-0.3, -0.25) is 9.59 Å². The summed E-state index contributed by atoms with van der Waals surface area (Å²) in [7, 11) is 0. The van der Waals surface area contributed by atoms with Gasteiger partial charge in [-0.1, -0.05) is 0 Å². The lowest BCUT2D eigenvalue weighted by molar-refractivity contribution is -0.123. The SMILES string of the molecule is Cc1c(F)cc(C#N)cc1NC(=O)CNC(=O)CN. The van der Waals surface area contributed by atoms with Gasteiger partial charge in [0.05, 0.1) is 24.7 Å². The monoisotopic (exact) mass is 264 g/mol. The number of amides is 2. The third-order valence-electron chi connectivity index (χ3n) is 2.38. The highest BCUT2D eigenvalue weighted by Gasteiger charge is 2.10. The Labute approximate surface area is 109 Å². The summed E-state index contributed by atoms with van der Waals surface area (Å²) in [6.45, 7) is 0.989. The Balaban J connectivity index is 2.77. The molecule has 6 nitrogen and oxygen atoms in total. The van der Waals surface area contributed by atoms with E-state index in [1.807, 2.05) is 0 Å². The summed E-state index contributed by atoms with van der Waals surface area (Å²) < 4.78 is 13.5. The Morgan fingerprint density at radius 1 is 1.42 bits per heavy atom. The highest BCUT2D eigenvalue weighted by atomic mass is 19.1. The van der Waals surface area contributed by atoms with Crippen molar-refractivity contribution in [1.82, 2.24) is 5.32 Å². The van der Waals surface area contributed by atoms with E-state index in [1.165, 1.54) is 13.0 Å². The maximum Gasteiger partial charge on any atom is 0.243 e. The summed E-state index contributed by atoms with van der Waals surface area (Å²) in [5.74, 6) is -1.58. The molecule has 0 saturated heterocycles. The van der Waals surface area contributed by atoms with Crippen LogP contribution in [0.3, 0.4) is 0 Å². The molecule has 100 valence electrons. The van der Waals surface area contributed by atoms with Crippen LogP contribution in [0, 0.1) is 24.1 Å². The van der Waals surface area contributed by atoms with Crippen molar-refractivity contribution in [3.8, 4) is 6.07 Å². The molecular formula is C12H13FN4O2. The van der Waals surface area contributed by atoms with Crippen molar-refractivity contribution < 1.29 is 14.0 Å². The predicted molar refractivity (Wildman–Crippen MR) is 66.5 cm³/mol. The summed E-state index contributed by atoms with van der Waals surface area (Å²) in [6, 6.07) is 4.24. The number of rotatable bonds is 4. The van der Waals surface area contributed by atoms with Crippen LogP contribution in [0.25, 0.3) is 0 Å². The van der Waals surface area contributed by atoms with Crippen molar-refractivity contribution in [2.75, 3.05) is 18.4 Å². The summed E-state index contributed by atoms with van der Waals surface area (Å²) in [5, 5.41) is 13.4. The van der Waals surface area contributed by atoms with Crippen LogP contribution in [0.15, 0.2) is 12.1 Å². The molecule has 0 atom stereocenters. The molecule has 1 rings (SSSR count). The molecule has 0 radical (unpaired) electrons. The van der Waals surface area contributed by atoms with Crippen LogP contribution in [0.4, 0.5) is 10.1 Å². The number of carbonyl (C=O) groups excluding carboxylic acids is 2. The van der Waals surface area contributed by atoms with E-state index in [9.17, 15) is 14.0 Å². The van der Waals surface area contributed by atoms with Crippen LogP contribution < -0.4 is 16.4 Å². The number of benzene rings is 1. The Morgan fingerprint density at radius 2 is 2.11 bits per heavy atom. The molecule has 1 aromatic carbocycles. The fourth-order valence-electron chi connectivity index (χ4n) is 1.32. The molecule has 0 aliphatic rings. The molecular weight excluding hydrogens is 251 g/mol. The number of anilines is 1. The van der Waals surface area contributed by atoms with Crippen molar-refractivity contribution >= 4 is 17.5 Å². The van der Waals surface area contributed by atoms with Gasteiger partial charge in [0.2, 0.25) is 11.8 Å². The first-order chi connectivity index (χ1) is 8.97. The van der Waals surface area contributed by atoms with Crippen molar-refractivity contribution in [2.45, 2.75) is 6.92 Å². The zero-order valence-electron chi connectivity index (χ0n) is 10.3. The predicted octanol–water partition coefficient (Wildman–Crippen LogP) is 0.0192. The van der Waals surface area contributed by atoms with Crippen LogP contribution in [0.1, 0.15) is 11.1 Å². The molecule has 1 aromatic rings. The molecule has 4 N–H and O–H groups in total. The number of nitriles is 1. The third-order valence-corrected chi connectivity index (χ3v) is 2.38. The molecule has 0 fully saturated rings. The first-order valence-electron chi connectivity index (χ1n) is 5.44. The zero-order chi connectivity index (χ0) is 14.4. The van der Waals surface area contributed by atoms with Gasteiger partial charge in [-0.2, -0.15) is 5.26 Å². The number of hydrogen-bond acceptors (Lipinski definition) is 4. The van der Waals surface area contributed by atoms with Gasteiger partial charge in [-0.25, -0.2) is 4.39 Å². The second-order valence-corrected chi connectivity index (χ2v) is 3.77. The van der Waals surface area contributed by atoms with Gasteiger partial charge in [-0.15, -0.1) is 0 Å². The molecule has 0 spiro atoms. The normalized spacial score (nSPS) is 9.58. The number of carbonyl (C=O) groups is 2. The van der Waals surface area contributed by atoms with Gasteiger partial charge < -0.3 is 16.4 Å². The van der Waals surface area contributed by atoms with Crippen LogP contribution in [-0.2, 0) is 9.59 Å². The summed E-state index contributed by atoms with van der Waals surface area (Å²) in [5.41, 5.74) is 5.58. The first kappa shape index (κ1) is 14.6. The minimum Gasteiger partial charge on any atom is -0.346 e. The highest BCUT2D eigenvalue weighted by molar-refractivity contribution is 5.95. The second kappa shape index (κ2) is 6.47. The molecule has 0 heterocycles. The molecule has 0 aliphatic heterocycles. The average molecular weight is 264 g/mol. The first-order valence-corrected chi connectivity index (χ1v) is 5.44. The van der Waals surface area contributed by atoms with Crippen molar-refractivity contribution in [2.24, 2.45) is 5.73 Å². The molecule has 19 heavy (non-hydrogen) atoms. The average Bonchev–Trinajstić information content (AvgIpc) is 2.40. The summed E-state index contributed by atoms with van der Waals surface area (Å²) in [6.07, 6.45) is 0. The topological polar surface area (TPSA) is 108 Å². The van der Waals surface area contributed by atoms with Gasteiger partial charge in [0.15, 0.2) is 0 Å². The van der Waals surface area contributed by atoms with E-state index in [1.54, 1.807) is 6.07 Å². The molecule has 7 heteroatoms. The van der Waals surface area contributed by atoms with Gasteiger partial charge in [-0.05, 0) is 19.1 Å². The largest absolute Gasteiger partial charge is 0.346 e. The van der Waals surface area contributed by atoms with E-state index in [4.69, 9.17) is 11.0 Å². The Kier molecular flexibility index (Phi) is 4.97. The quantitative estimate of drug-likeness (QED) is 0.712. The minimum atomic E-state index is -0.583. The highest BCUT2D eigenvalue weighted by Crippen LogP contribution is 2.20. The van der Waals surface area contributed by atoms with E-state index >= 15 is 0 Å². The maximum absolute atomic E-state index is 13.5. The second-order valence-electron chi connectivity index (χ2n) is 3.77. The minimum absolute atomic E-state index is 0.101. The molecule has 2 amide bonds. The van der Waals surface area contributed by atoms with E-state index in [2.05, 4.69) is 10.6 Å². The van der Waals surface area contributed by atoms with Gasteiger partial charge in [0.25, 0.3) is 0 Å². The third kappa shape index (κ3) is 4.04.